The molecule has 1 rings (SSSR count). The second-order valence-corrected chi connectivity index (χ2v) is 4.80. The van der Waals surface area contributed by atoms with Gasteiger partial charge in [-0.1, -0.05) is 24.8 Å². The molecule has 0 aliphatic carbocycles. The molecule has 0 atom stereocenters. The Morgan fingerprint density at radius 1 is 1.31 bits per heavy atom. The molecular weight excluding hydrogens is 188 g/mol. The van der Waals surface area contributed by atoms with E-state index in [1.54, 1.807) is 4.31 Å². The molecule has 1 aliphatic heterocycles. The molecule has 82 valence electrons. The molecule has 0 aromatic carbocycles. The van der Waals surface area contributed by atoms with Crippen LogP contribution in [0.1, 0.15) is 34.1 Å². The van der Waals surface area contributed by atoms with Crippen LogP contribution in [-0.2, 0) is 0 Å². The Balaban J connectivity index is 0.000000671. The molecule has 0 amide bonds. The van der Waals surface area contributed by atoms with Gasteiger partial charge in [-0.2, -0.15) is 4.31 Å². The van der Waals surface area contributed by atoms with Gasteiger partial charge in [0, 0.05) is 19.1 Å². The van der Waals surface area contributed by atoms with E-state index in [-0.39, 0.29) is 6.04 Å². The van der Waals surface area contributed by atoms with E-state index in [4.69, 9.17) is 0 Å². The Bertz CT molecular complexity index is 142. The number of nitrogens with one attached hydrogen (secondary N) is 1. The van der Waals surface area contributed by atoms with Crippen molar-refractivity contribution in [1.82, 2.24) is 9.03 Å². The van der Waals surface area contributed by atoms with Crippen LogP contribution in [0.15, 0.2) is 0 Å². The van der Waals surface area contributed by atoms with Gasteiger partial charge in [0.2, 0.25) is 0 Å². The number of nitrogens with zero attached hydrogens (tertiary/aromatic N) is 1. The van der Waals surface area contributed by atoms with Gasteiger partial charge in [-0.25, -0.2) is 4.72 Å². The lowest BCUT2D eigenvalue weighted by molar-refractivity contribution is 0.276. The highest BCUT2D eigenvalue weighted by atomic mass is 32.3. The fourth-order valence-electron chi connectivity index (χ4n) is 1.21. The van der Waals surface area contributed by atoms with Gasteiger partial charge in [-0.05, 0) is 20.3 Å². The average Bonchev–Trinajstić information content (AvgIpc) is 2.06. The number of hydrogen-bond donors (Lipinski definition) is 3. The summed E-state index contributed by atoms with van der Waals surface area (Å²) in [6.45, 7) is 9.39. The van der Waals surface area contributed by atoms with E-state index in [9.17, 15) is 9.11 Å². The predicted octanol–water partition coefficient (Wildman–Crippen LogP) is 2.30. The summed E-state index contributed by atoms with van der Waals surface area (Å²) in [5.41, 5.74) is 0. The zero-order chi connectivity index (χ0) is 10.5. The minimum atomic E-state index is -2.64. The molecule has 0 aromatic heterocycles. The highest BCUT2D eigenvalue weighted by Gasteiger charge is 2.27. The zero-order valence-corrected chi connectivity index (χ0v) is 9.77. The van der Waals surface area contributed by atoms with Crippen LogP contribution in [0.5, 0.6) is 0 Å². The highest BCUT2D eigenvalue weighted by molar-refractivity contribution is 8.20. The van der Waals surface area contributed by atoms with Crippen molar-refractivity contribution < 1.29 is 9.11 Å². The molecular formula is C8H22N2O2S. The maximum atomic E-state index is 9.46. The first kappa shape index (κ1) is 13.2. The van der Waals surface area contributed by atoms with E-state index in [0.29, 0.717) is 6.54 Å². The number of hydrogen-bond acceptors (Lipinski definition) is 4. The molecule has 1 fully saturated rings. The maximum absolute atomic E-state index is 9.46. The smallest absolute Gasteiger partial charge is 0.0247 e. The second kappa shape index (κ2) is 5.82. The topological polar surface area (TPSA) is 55.7 Å². The van der Waals surface area contributed by atoms with E-state index in [2.05, 4.69) is 4.72 Å². The fourth-order valence-corrected chi connectivity index (χ4v) is 2.76. The molecule has 1 aliphatic rings. The van der Waals surface area contributed by atoms with Crippen molar-refractivity contribution in [2.45, 2.75) is 40.2 Å². The Labute approximate surface area is 82.9 Å². The summed E-state index contributed by atoms with van der Waals surface area (Å²) in [7, 11) is -2.64. The molecule has 0 spiro atoms. The summed E-state index contributed by atoms with van der Waals surface area (Å²) in [5, 5.41) is 0. The van der Waals surface area contributed by atoms with Gasteiger partial charge >= 0.3 is 0 Å². The lowest BCUT2D eigenvalue weighted by atomic mass is 10.3. The van der Waals surface area contributed by atoms with Gasteiger partial charge in [0.1, 0.15) is 0 Å². The van der Waals surface area contributed by atoms with Crippen LogP contribution in [0.25, 0.3) is 0 Å². The third-order valence-corrected chi connectivity index (χ3v) is 3.60. The van der Waals surface area contributed by atoms with Crippen LogP contribution >= 0.6 is 11.0 Å². The van der Waals surface area contributed by atoms with Crippen LogP contribution in [0.2, 0.25) is 0 Å². The SMILES string of the molecule is CC.CC(C)N1CCCNS1(O)O. The van der Waals surface area contributed by atoms with Crippen molar-refractivity contribution >= 4 is 11.0 Å². The van der Waals surface area contributed by atoms with Crippen LogP contribution in [0.3, 0.4) is 0 Å². The largest absolute Gasteiger partial charge is 0.272 e. The lowest BCUT2D eigenvalue weighted by Gasteiger charge is -2.48. The zero-order valence-electron chi connectivity index (χ0n) is 8.95. The summed E-state index contributed by atoms with van der Waals surface area (Å²) in [6, 6.07) is 0.188. The van der Waals surface area contributed by atoms with Crippen molar-refractivity contribution in [1.29, 1.82) is 0 Å². The summed E-state index contributed by atoms with van der Waals surface area (Å²) in [6.07, 6.45) is 0.980. The molecule has 0 aromatic rings. The molecule has 0 unspecified atom stereocenters. The molecule has 0 radical (unpaired) electrons. The van der Waals surface area contributed by atoms with E-state index in [1.165, 1.54) is 0 Å². The van der Waals surface area contributed by atoms with Crippen molar-refractivity contribution in [3.8, 4) is 0 Å². The van der Waals surface area contributed by atoms with Crippen LogP contribution in [0.4, 0.5) is 0 Å². The van der Waals surface area contributed by atoms with Gasteiger partial charge in [-0.15, -0.1) is 0 Å². The monoisotopic (exact) mass is 210 g/mol. The highest BCUT2D eigenvalue weighted by Crippen LogP contribution is 2.42. The van der Waals surface area contributed by atoms with Crippen molar-refractivity contribution in [2.24, 2.45) is 0 Å². The Morgan fingerprint density at radius 3 is 2.15 bits per heavy atom. The lowest BCUT2D eigenvalue weighted by Crippen LogP contribution is -2.46. The summed E-state index contributed by atoms with van der Waals surface area (Å²) in [4.78, 5) is 0. The molecule has 4 nitrogen and oxygen atoms in total. The van der Waals surface area contributed by atoms with Crippen molar-refractivity contribution in [3.63, 3.8) is 0 Å². The van der Waals surface area contributed by atoms with Gasteiger partial charge in [0.25, 0.3) is 0 Å². The second-order valence-electron chi connectivity index (χ2n) is 3.00. The summed E-state index contributed by atoms with van der Waals surface area (Å²) >= 11 is 0. The first-order valence-corrected chi connectivity index (χ1v) is 6.34. The maximum Gasteiger partial charge on any atom is 0.0247 e. The molecule has 1 saturated heterocycles. The minimum absolute atomic E-state index is 0.188. The Morgan fingerprint density at radius 2 is 1.85 bits per heavy atom. The first-order valence-electron chi connectivity index (χ1n) is 4.83. The molecule has 1 heterocycles. The Kier molecular flexibility index (Phi) is 5.91. The van der Waals surface area contributed by atoms with E-state index in [1.807, 2.05) is 27.7 Å². The predicted molar refractivity (Wildman–Crippen MR) is 58.7 cm³/mol. The van der Waals surface area contributed by atoms with E-state index >= 15 is 0 Å². The van der Waals surface area contributed by atoms with Crippen molar-refractivity contribution in [2.75, 3.05) is 13.1 Å². The van der Waals surface area contributed by atoms with Gasteiger partial charge < -0.3 is 0 Å². The third kappa shape index (κ3) is 3.83. The summed E-state index contributed by atoms with van der Waals surface area (Å²) < 4.78 is 23.3. The quantitative estimate of drug-likeness (QED) is 0.621. The minimum Gasteiger partial charge on any atom is -0.272 e. The molecule has 0 saturated carbocycles. The molecule has 13 heavy (non-hydrogen) atoms. The van der Waals surface area contributed by atoms with Crippen molar-refractivity contribution in [3.05, 3.63) is 0 Å². The van der Waals surface area contributed by atoms with E-state index < -0.39 is 11.0 Å². The van der Waals surface area contributed by atoms with Gasteiger partial charge in [0.05, 0.1) is 0 Å². The van der Waals surface area contributed by atoms with Crippen LogP contribution < -0.4 is 4.72 Å². The van der Waals surface area contributed by atoms with Crippen LogP contribution in [-0.4, -0.2) is 32.5 Å². The van der Waals surface area contributed by atoms with E-state index in [0.717, 1.165) is 13.0 Å². The summed E-state index contributed by atoms with van der Waals surface area (Å²) in [5.74, 6) is 0. The number of rotatable bonds is 1. The molecule has 5 heteroatoms. The van der Waals surface area contributed by atoms with Gasteiger partial charge in [-0.3, -0.25) is 9.11 Å². The normalized spacial score (nSPS) is 24.8. The third-order valence-electron chi connectivity index (χ3n) is 1.75. The standard InChI is InChI=1S/C6H16N2O2S.C2H6/c1-6(2)8-5-3-4-7-11(8,9)10;1-2/h6-7,9-10H,3-5H2,1-2H3;1-2H3. The Hall–Kier alpha value is 0.190. The van der Waals surface area contributed by atoms with Crippen LogP contribution in [0, 0.1) is 0 Å². The van der Waals surface area contributed by atoms with Gasteiger partial charge in [0.15, 0.2) is 0 Å². The first-order chi connectivity index (χ1) is 6.04. The molecule has 0 bridgehead atoms. The fraction of sp³-hybridized carbons (Fsp3) is 1.00. The molecule has 3 N–H and O–H groups in total. The average molecular weight is 210 g/mol.